The molecule has 4 N–H and O–H groups in total. The van der Waals surface area contributed by atoms with Gasteiger partial charge in [-0.25, -0.2) is 0 Å². The molecule has 0 amide bonds. The van der Waals surface area contributed by atoms with Gasteiger partial charge in [-0.2, -0.15) is 64.8 Å². The Kier molecular flexibility index (Phi) is 17.9. The van der Waals surface area contributed by atoms with Gasteiger partial charge in [-0.05, 0) is 13.8 Å². The minimum Gasteiger partial charge on any atom is -0.394 e. The molecule has 0 spiro atoms. The molecule has 0 saturated carbocycles. The number of alkyl halides is 9. The smallest absolute Gasteiger partial charge is 0.394 e. The number of aliphatic hydroxyl groups excluding tert-OH is 1. The van der Waals surface area contributed by atoms with E-state index in [-0.39, 0.29) is 27.8 Å². The zero-order valence-corrected chi connectivity index (χ0v) is 17.5. The summed E-state index contributed by atoms with van der Waals surface area (Å²) in [4.78, 5) is 0. The second-order valence-corrected chi connectivity index (χ2v) is 8.10. The molecule has 180 valence electrons. The van der Waals surface area contributed by atoms with Gasteiger partial charge in [0.1, 0.15) is 0 Å². The molecule has 0 aliphatic rings. The maximum Gasteiger partial charge on any atom is 0.522 e. The van der Waals surface area contributed by atoms with Gasteiger partial charge in [0.05, 0.1) is 0 Å². The van der Waals surface area contributed by atoms with Gasteiger partial charge in [-0.3, -0.25) is 13.7 Å². The van der Waals surface area contributed by atoms with Gasteiger partial charge in [0.25, 0.3) is 0 Å². The third-order valence-corrected chi connectivity index (χ3v) is 2.63. The molecule has 0 rings (SSSR count). The summed E-state index contributed by atoms with van der Waals surface area (Å²) in [5.41, 5.74) is -16.6. The number of rotatable bonds is 0. The van der Waals surface area contributed by atoms with E-state index in [0.717, 1.165) is 0 Å². The van der Waals surface area contributed by atoms with E-state index >= 15 is 0 Å². The van der Waals surface area contributed by atoms with Crippen molar-refractivity contribution >= 4 is 30.4 Å². The molecule has 0 fully saturated rings. The van der Waals surface area contributed by atoms with Crippen molar-refractivity contribution in [3.8, 4) is 0 Å². The van der Waals surface area contributed by atoms with Crippen LogP contribution >= 0.6 is 0 Å². The summed E-state index contributed by atoms with van der Waals surface area (Å²) in [5, 5.41) is 8.06. The first kappa shape index (κ1) is 39.3. The van der Waals surface area contributed by atoms with E-state index in [2.05, 4.69) is 0 Å². The molecule has 29 heavy (non-hydrogen) atoms. The van der Waals surface area contributed by atoms with Gasteiger partial charge in [-0.15, -0.1) is 0 Å². The monoisotopic (exact) mass is 558 g/mol. The van der Waals surface area contributed by atoms with Crippen LogP contribution in [0.2, 0.25) is 0 Å². The van der Waals surface area contributed by atoms with Crippen LogP contribution in [0.3, 0.4) is 0 Å². The molecule has 0 saturated heterocycles. The third kappa shape index (κ3) is 25.7. The van der Waals surface area contributed by atoms with E-state index in [1.54, 1.807) is 13.8 Å². The van der Waals surface area contributed by atoms with Gasteiger partial charge in [-0.1, -0.05) is 0 Å². The summed E-state index contributed by atoms with van der Waals surface area (Å²) < 4.78 is 173. The van der Waals surface area contributed by atoms with Gasteiger partial charge in [0.15, 0.2) is 0 Å². The number of halogens is 9. The summed E-state index contributed by atoms with van der Waals surface area (Å²) in [5.74, 6) is 0. The van der Waals surface area contributed by atoms with Crippen molar-refractivity contribution in [3.63, 3.8) is 0 Å². The standard InChI is InChI=1S/C3H8O.3CHF3O3S.Ti/c1-3(2)4;3*2-1(3,4)8(5,6)7;/h3-4H,1-2H3;3*(H,5,6,7);. The number of aliphatic hydroxyl groups is 1. The van der Waals surface area contributed by atoms with Crippen LogP contribution in [0.15, 0.2) is 0 Å². The quantitative estimate of drug-likeness (QED) is 0.147. The fraction of sp³-hybridized carbons (Fsp3) is 1.00. The zero-order valence-electron chi connectivity index (χ0n) is 13.4. The summed E-state index contributed by atoms with van der Waals surface area (Å²) in [6.07, 6.45) is -0.167. The summed E-state index contributed by atoms with van der Waals surface area (Å²) in [7, 11) is -17.5. The van der Waals surface area contributed by atoms with Crippen LogP contribution in [0.25, 0.3) is 0 Å². The molecule has 0 aromatic rings. The van der Waals surface area contributed by atoms with Crippen molar-refractivity contribution in [2.24, 2.45) is 0 Å². The first-order chi connectivity index (χ1) is 11.5. The Morgan fingerprint density at radius 3 is 0.586 bits per heavy atom. The van der Waals surface area contributed by atoms with E-state index in [0.29, 0.717) is 0 Å². The normalized spacial score (nSPS) is 12.8. The Balaban J connectivity index is -0.0000000896. The van der Waals surface area contributed by atoms with Crippen LogP contribution in [0, 0.1) is 0 Å². The minimum atomic E-state index is -5.84. The Hall–Kier alpha value is -0.226. The van der Waals surface area contributed by atoms with Gasteiger partial charge >= 0.3 is 46.9 Å². The van der Waals surface area contributed by atoms with E-state index in [9.17, 15) is 39.5 Å². The van der Waals surface area contributed by atoms with Crippen LogP contribution in [0.5, 0.6) is 0 Å². The average Bonchev–Trinajstić information content (AvgIpc) is 2.20. The van der Waals surface area contributed by atoms with E-state index in [4.69, 9.17) is 44.0 Å². The number of hydrogen-bond acceptors (Lipinski definition) is 7. The fourth-order valence-corrected chi connectivity index (χ4v) is 0. The molecule has 0 aromatic heterocycles. The van der Waals surface area contributed by atoms with E-state index in [1.807, 2.05) is 0 Å². The third-order valence-electron chi connectivity index (χ3n) is 0.877. The van der Waals surface area contributed by atoms with Crippen molar-refractivity contribution in [1.29, 1.82) is 0 Å². The fourth-order valence-electron chi connectivity index (χ4n) is 0. The molecule has 0 aliphatic heterocycles. The molecule has 0 aliphatic carbocycles. The molecule has 23 heteroatoms. The minimum absolute atomic E-state index is 0. The molecule has 0 aromatic carbocycles. The molecular weight excluding hydrogens is 547 g/mol. The molecule has 10 nitrogen and oxygen atoms in total. The molecule has 0 atom stereocenters. The summed E-state index contributed by atoms with van der Waals surface area (Å²) in [6.45, 7) is 3.44. The largest absolute Gasteiger partial charge is 0.522 e. The zero-order chi connectivity index (χ0) is 24.6. The van der Waals surface area contributed by atoms with Crippen molar-refractivity contribution < 1.29 is 105 Å². The molecule has 0 unspecified atom stereocenters. The molecule has 0 bridgehead atoms. The predicted molar refractivity (Wildman–Crippen MR) is 70.2 cm³/mol. The van der Waals surface area contributed by atoms with Crippen LogP contribution in [0.1, 0.15) is 13.8 Å². The molecular formula is C6H11F9O10S3Ti. The average molecular weight is 558 g/mol. The van der Waals surface area contributed by atoms with E-state index in [1.165, 1.54) is 0 Å². The Morgan fingerprint density at radius 2 is 0.586 bits per heavy atom. The molecule has 0 radical (unpaired) electrons. The van der Waals surface area contributed by atoms with Crippen molar-refractivity contribution in [3.05, 3.63) is 0 Å². The predicted octanol–water partition coefficient (Wildman–Crippen LogP) is 1.57. The Morgan fingerprint density at radius 1 is 0.552 bits per heavy atom. The topological polar surface area (TPSA) is 183 Å². The van der Waals surface area contributed by atoms with Gasteiger partial charge in [0, 0.05) is 27.8 Å². The number of hydrogen-bond donors (Lipinski definition) is 4. The summed E-state index contributed by atoms with van der Waals surface area (Å²) in [6, 6.07) is 0. The Labute approximate surface area is 172 Å². The summed E-state index contributed by atoms with van der Waals surface area (Å²) >= 11 is 0. The first-order valence-electron chi connectivity index (χ1n) is 5.27. The second-order valence-electron chi connectivity index (χ2n) is 3.86. The maximum atomic E-state index is 10.7. The van der Waals surface area contributed by atoms with E-state index < -0.39 is 46.9 Å². The van der Waals surface area contributed by atoms with Crippen LogP contribution < -0.4 is 0 Å². The Bertz CT molecular complexity index is 646. The van der Waals surface area contributed by atoms with Crippen LogP contribution in [-0.2, 0) is 52.1 Å². The van der Waals surface area contributed by atoms with Crippen molar-refractivity contribution in [1.82, 2.24) is 0 Å². The molecule has 0 heterocycles. The van der Waals surface area contributed by atoms with Crippen LogP contribution in [-0.4, -0.2) is 66.6 Å². The first-order valence-corrected chi connectivity index (χ1v) is 9.59. The van der Waals surface area contributed by atoms with Crippen molar-refractivity contribution in [2.45, 2.75) is 36.5 Å². The van der Waals surface area contributed by atoms with Crippen LogP contribution in [0.4, 0.5) is 39.5 Å². The van der Waals surface area contributed by atoms with Crippen molar-refractivity contribution in [2.75, 3.05) is 0 Å². The SMILES string of the molecule is CC(C)O.O=S(=O)(O)C(F)(F)F.O=S(=O)(O)C(F)(F)F.O=S(=O)(O)C(F)(F)F.[Ti]. The van der Waals surface area contributed by atoms with Gasteiger partial charge < -0.3 is 5.11 Å². The van der Waals surface area contributed by atoms with Gasteiger partial charge in [0.2, 0.25) is 0 Å². The second kappa shape index (κ2) is 13.2. The maximum absolute atomic E-state index is 10.7.